The van der Waals surface area contributed by atoms with E-state index in [0.29, 0.717) is 31.2 Å². The van der Waals surface area contributed by atoms with Crippen LogP contribution in [0, 0.1) is 0 Å². The van der Waals surface area contributed by atoms with Crippen molar-refractivity contribution < 1.29 is 5.11 Å². The molecule has 1 N–H and O–H groups in total. The monoisotopic (exact) mass is 320 g/mol. The van der Waals surface area contributed by atoms with Crippen LogP contribution in [-0.2, 0) is 6.61 Å². The molecule has 0 bridgehead atoms. The smallest absolute Gasteiger partial charge is 0.0696 e. The van der Waals surface area contributed by atoms with Crippen LogP contribution in [-0.4, -0.2) is 5.11 Å². The second kappa shape index (κ2) is 5.68. The van der Waals surface area contributed by atoms with Crippen molar-refractivity contribution in [3.63, 3.8) is 0 Å². The molecule has 0 aliphatic rings. The van der Waals surface area contributed by atoms with Crippen LogP contribution in [0.1, 0.15) is 5.56 Å². The van der Waals surface area contributed by atoms with Crippen molar-refractivity contribution in [2.24, 2.45) is 0 Å². The first kappa shape index (κ1) is 14.0. The molecule has 1 nitrogen and oxygen atoms in total. The molecule has 0 spiro atoms. The second-order valence-electron chi connectivity index (χ2n) is 3.71. The SMILES string of the molecule is OCc1cc(-c2cc(Cl)cc(Cl)c2Cl)ccc1Cl. The maximum absolute atomic E-state index is 9.20. The molecular formula is C13H8Cl4O. The van der Waals surface area contributed by atoms with E-state index in [9.17, 15) is 5.11 Å². The van der Waals surface area contributed by atoms with E-state index in [0.717, 1.165) is 5.56 Å². The van der Waals surface area contributed by atoms with Gasteiger partial charge in [0.1, 0.15) is 0 Å². The molecule has 94 valence electrons. The molecule has 18 heavy (non-hydrogen) atoms. The number of aliphatic hydroxyl groups excluding tert-OH is 1. The standard InChI is InChI=1S/C13H8Cl4O/c14-9-4-10(13(17)12(16)5-9)7-1-2-11(15)8(3-7)6-18/h1-5,18H,6H2. The number of hydrogen-bond donors (Lipinski definition) is 1. The number of hydrogen-bond acceptors (Lipinski definition) is 1. The molecule has 0 aromatic heterocycles. The van der Waals surface area contributed by atoms with Gasteiger partial charge in [-0.25, -0.2) is 0 Å². The van der Waals surface area contributed by atoms with Gasteiger partial charge in [-0.2, -0.15) is 0 Å². The fourth-order valence-electron chi connectivity index (χ4n) is 1.63. The Morgan fingerprint density at radius 3 is 2.28 bits per heavy atom. The first-order chi connectivity index (χ1) is 8.52. The zero-order valence-corrected chi connectivity index (χ0v) is 12.1. The Hall–Kier alpha value is -0.440. The molecule has 0 aliphatic carbocycles. The van der Waals surface area contributed by atoms with E-state index < -0.39 is 0 Å². The molecule has 0 heterocycles. The number of rotatable bonds is 2. The van der Waals surface area contributed by atoms with Gasteiger partial charge in [-0.1, -0.05) is 52.5 Å². The Bertz CT molecular complexity index is 596. The van der Waals surface area contributed by atoms with E-state index in [-0.39, 0.29) is 6.61 Å². The summed E-state index contributed by atoms with van der Waals surface area (Å²) in [4.78, 5) is 0. The Labute approximate surface area is 125 Å². The minimum absolute atomic E-state index is 0.140. The van der Waals surface area contributed by atoms with Crippen molar-refractivity contribution in [2.45, 2.75) is 6.61 Å². The minimum atomic E-state index is -0.140. The number of aliphatic hydroxyl groups is 1. The van der Waals surface area contributed by atoms with Crippen molar-refractivity contribution in [3.8, 4) is 11.1 Å². The van der Waals surface area contributed by atoms with Crippen LogP contribution >= 0.6 is 46.4 Å². The summed E-state index contributed by atoms with van der Waals surface area (Å²) in [7, 11) is 0. The van der Waals surface area contributed by atoms with Crippen LogP contribution in [0.25, 0.3) is 11.1 Å². The van der Waals surface area contributed by atoms with Crippen molar-refractivity contribution >= 4 is 46.4 Å². The minimum Gasteiger partial charge on any atom is -0.392 e. The van der Waals surface area contributed by atoms with Crippen LogP contribution in [0.4, 0.5) is 0 Å². The fourth-order valence-corrected chi connectivity index (χ4v) is 2.52. The highest BCUT2D eigenvalue weighted by Gasteiger charge is 2.10. The predicted molar refractivity (Wildman–Crippen MR) is 77.8 cm³/mol. The van der Waals surface area contributed by atoms with Gasteiger partial charge in [0.2, 0.25) is 0 Å². The van der Waals surface area contributed by atoms with Crippen molar-refractivity contribution in [2.75, 3.05) is 0 Å². The quantitative estimate of drug-likeness (QED) is 0.728. The van der Waals surface area contributed by atoms with E-state index in [4.69, 9.17) is 46.4 Å². The third kappa shape index (κ3) is 2.76. The molecule has 0 saturated carbocycles. The lowest BCUT2D eigenvalue weighted by molar-refractivity contribution is 0.282. The summed E-state index contributed by atoms with van der Waals surface area (Å²) in [6, 6.07) is 8.57. The first-order valence-electron chi connectivity index (χ1n) is 5.07. The Morgan fingerprint density at radius 1 is 0.889 bits per heavy atom. The van der Waals surface area contributed by atoms with Crippen LogP contribution < -0.4 is 0 Å². The maximum Gasteiger partial charge on any atom is 0.0696 e. The molecule has 2 aromatic rings. The Morgan fingerprint density at radius 2 is 1.61 bits per heavy atom. The van der Waals surface area contributed by atoms with Gasteiger partial charge >= 0.3 is 0 Å². The van der Waals surface area contributed by atoms with E-state index in [1.807, 2.05) is 0 Å². The van der Waals surface area contributed by atoms with E-state index in [1.165, 1.54) is 0 Å². The molecule has 0 amide bonds. The normalized spacial score (nSPS) is 10.7. The van der Waals surface area contributed by atoms with E-state index in [2.05, 4.69) is 0 Å². The lowest BCUT2D eigenvalue weighted by Gasteiger charge is -2.09. The summed E-state index contributed by atoms with van der Waals surface area (Å²) in [5.74, 6) is 0. The molecular weight excluding hydrogens is 314 g/mol. The van der Waals surface area contributed by atoms with Crippen LogP contribution in [0.3, 0.4) is 0 Å². The maximum atomic E-state index is 9.20. The average molecular weight is 322 g/mol. The van der Waals surface area contributed by atoms with Crippen molar-refractivity contribution in [1.82, 2.24) is 0 Å². The number of halogens is 4. The highest BCUT2D eigenvalue weighted by atomic mass is 35.5. The van der Waals surface area contributed by atoms with Gasteiger partial charge in [0.15, 0.2) is 0 Å². The van der Waals surface area contributed by atoms with E-state index in [1.54, 1.807) is 30.3 Å². The highest BCUT2D eigenvalue weighted by Crippen LogP contribution is 2.37. The zero-order chi connectivity index (χ0) is 13.3. The third-order valence-electron chi connectivity index (χ3n) is 2.52. The summed E-state index contributed by atoms with van der Waals surface area (Å²) < 4.78 is 0. The van der Waals surface area contributed by atoms with Gasteiger partial charge in [-0.3, -0.25) is 0 Å². The number of benzene rings is 2. The molecule has 5 heteroatoms. The lowest BCUT2D eigenvalue weighted by atomic mass is 10.0. The Balaban J connectivity index is 2.62. The van der Waals surface area contributed by atoms with Crippen LogP contribution in [0.15, 0.2) is 30.3 Å². The third-order valence-corrected chi connectivity index (χ3v) is 3.91. The molecule has 0 fully saturated rings. The molecule has 2 aromatic carbocycles. The highest BCUT2D eigenvalue weighted by molar-refractivity contribution is 6.45. The molecule has 0 atom stereocenters. The summed E-state index contributed by atoms with van der Waals surface area (Å²) in [6.07, 6.45) is 0. The second-order valence-corrected chi connectivity index (χ2v) is 5.34. The molecule has 0 saturated heterocycles. The lowest BCUT2D eigenvalue weighted by Crippen LogP contribution is -1.88. The summed E-state index contributed by atoms with van der Waals surface area (Å²) >= 11 is 24.0. The summed E-state index contributed by atoms with van der Waals surface area (Å²) in [5.41, 5.74) is 2.14. The topological polar surface area (TPSA) is 20.2 Å². The molecule has 0 radical (unpaired) electrons. The van der Waals surface area contributed by atoms with E-state index >= 15 is 0 Å². The molecule has 0 unspecified atom stereocenters. The molecule has 0 aliphatic heterocycles. The van der Waals surface area contributed by atoms with Crippen LogP contribution in [0.2, 0.25) is 20.1 Å². The van der Waals surface area contributed by atoms with Gasteiger partial charge in [0.25, 0.3) is 0 Å². The first-order valence-corrected chi connectivity index (χ1v) is 6.58. The summed E-state index contributed by atoms with van der Waals surface area (Å²) in [6.45, 7) is -0.140. The largest absolute Gasteiger partial charge is 0.392 e. The summed E-state index contributed by atoms with van der Waals surface area (Å²) in [5, 5.41) is 11.0. The van der Waals surface area contributed by atoms with Crippen molar-refractivity contribution in [1.29, 1.82) is 0 Å². The zero-order valence-electron chi connectivity index (χ0n) is 9.05. The van der Waals surface area contributed by atoms with Gasteiger partial charge in [-0.05, 0) is 35.4 Å². The average Bonchev–Trinajstić information content (AvgIpc) is 2.34. The van der Waals surface area contributed by atoms with Gasteiger partial charge in [0, 0.05) is 15.6 Å². The van der Waals surface area contributed by atoms with Gasteiger partial charge in [0.05, 0.1) is 16.7 Å². The predicted octanol–water partition coefficient (Wildman–Crippen LogP) is 5.46. The van der Waals surface area contributed by atoms with Crippen LogP contribution in [0.5, 0.6) is 0 Å². The molecule has 2 rings (SSSR count). The van der Waals surface area contributed by atoms with Gasteiger partial charge < -0.3 is 5.11 Å². The fraction of sp³-hybridized carbons (Fsp3) is 0.0769. The van der Waals surface area contributed by atoms with Gasteiger partial charge in [-0.15, -0.1) is 0 Å². The Kier molecular flexibility index (Phi) is 4.41. The van der Waals surface area contributed by atoms with Crippen molar-refractivity contribution in [3.05, 3.63) is 56.0 Å².